The summed E-state index contributed by atoms with van der Waals surface area (Å²) >= 11 is 0. The predicted octanol–water partition coefficient (Wildman–Crippen LogP) is 2.89. The summed E-state index contributed by atoms with van der Waals surface area (Å²) in [4.78, 5) is 11.8. The largest absolute Gasteiger partial charge is 0.355 e. The van der Waals surface area contributed by atoms with Gasteiger partial charge in [-0.3, -0.25) is 4.79 Å². The van der Waals surface area contributed by atoms with Gasteiger partial charge in [0.05, 0.1) is 0 Å². The van der Waals surface area contributed by atoms with Gasteiger partial charge in [-0.25, -0.2) is 0 Å². The van der Waals surface area contributed by atoms with Crippen LogP contribution in [0.1, 0.15) is 44.2 Å². The van der Waals surface area contributed by atoms with E-state index in [1.54, 1.807) is 0 Å². The minimum Gasteiger partial charge on any atom is -0.355 e. The smallest absolute Gasteiger partial charge is 0.220 e. The summed E-state index contributed by atoms with van der Waals surface area (Å²) in [5, 5.41) is 6.13. The van der Waals surface area contributed by atoms with Gasteiger partial charge in [0.1, 0.15) is 0 Å². The second-order valence-electron chi connectivity index (χ2n) is 4.90. The number of halogens is 1. The first-order chi connectivity index (χ1) is 9.17. The second kappa shape index (κ2) is 10.7. The molecule has 0 heterocycles. The summed E-state index contributed by atoms with van der Waals surface area (Å²) in [6.45, 7) is 8.79. The van der Waals surface area contributed by atoms with Crippen molar-refractivity contribution in [1.29, 1.82) is 0 Å². The Bertz CT molecular complexity index is 379. The van der Waals surface area contributed by atoms with E-state index in [4.69, 9.17) is 0 Å². The van der Waals surface area contributed by atoms with Crippen LogP contribution < -0.4 is 10.6 Å². The summed E-state index contributed by atoms with van der Waals surface area (Å²) in [6.07, 6.45) is 1.61. The molecular formula is C16H27ClN2O. The molecule has 1 aromatic carbocycles. The molecule has 0 aliphatic rings. The zero-order valence-corrected chi connectivity index (χ0v) is 13.6. The lowest BCUT2D eigenvalue weighted by atomic mass is 9.96. The summed E-state index contributed by atoms with van der Waals surface area (Å²) in [7, 11) is 0. The Morgan fingerprint density at radius 2 is 1.80 bits per heavy atom. The van der Waals surface area contributed by atoms with Crippen molar-refractivity contribution < 1.29 is 4.79 Å². The van der Waals surface area contributed by atoms with E-state index < -0.39 is 0 Å². The number of benzene rings is 1. The van der Waals surface area contributed by atoms with Gasteiger partial charge in [0, 0.05) is 19.5 Å². The molecule has 0 bridgehead atoms. The van der Waals surface area contributed by atoms with Gasteiger partial charge in [0.2, 0.25) is 5.91 Å². The van der Waals surface area contributed by atoms with Crippen LogP contribution in [0, 0.1) is 0 Å². The first kappa shape index (κ1) is 18.9. The normalized spacial score (nSPS) is 11.6. The molecule has 1 atom stereocenters. The van der Waals surface area contributed by atoms with E-state index >= 15 is 0 Å². The molecule has 1 aromatic rings. The molecule has 4 heteroatoms. The number of aryl methyl sites for hydroxylation is 1. The topological polar surface area (TPSA) is 41.1 Å². The first-order valence-corrected chi connectivity index (χ1v) is 7.23. The van der Waals surface area contributed by atoms with Crippen molar-refractivity contribution >= 4 is 18.3 Å². The van der Waals surface area contributed by atoms with Crippen LogP contribution in [-0.4, -0.2) is 25.5 Å². The number of carbonyl (C=O) groups is 1. The van der Waals surface area contributed by atoms with Crippen LogP contribution in [0.3, 0.4) is 0 Å². The Morgan fingerprint density at radius 1 is 1.15 bits per heavy atom. The van der Waals surface area contributed by atoms with Crippen LogP contribution in [0.5, 0.6) is 0 Å². The fraction of sp³-hybridized carbons (Fsp3) is 0.562. The number of hydrogen-bond acceptors (Lipinski definition) is 2. The van der Waals surface area contributed by atoms with Crippen molar-refractivity contribution in [2.75, 3.05) is 19.6 Å². The molecule has 2 N–H and O–H groups in total. The van der Waals surface area contributed by atoms with Gasteiger partial charge in [-0.2, -0.15) is 0 Å². The molecule has 1 unspecified atom stereocenters. The van der Waals surface area contributed by atoms with E-state index in [-0.39, 0.29) is 24.2 Å². The van der Waals surface area contributed by atoms with Crippen molar-refractivity contribution in [2.24, 2.45) is 0 Å². The first-order valence-electron chi connectivity index (χ1n) is 7.23. The zero-order valence-electron chi connectivity index (χ0n) is 12.7. The van der Waals surface area contributed by atoms with Crippen molar-refractivity contribution in [3.8, 4) is 0 Å². The molecule has 1 rings (SSSR count). The molecule has 1 amide bonds. The van der Waals surface area contributed by atoms with Gasteiger partial charge in [-0.15, -0.1) is 12.4 Å². The molecule has 0 aromatic heterocycles. The predicted molar refractivity (Wildman–Crippen MR) is 87.7 cm³/mol. The monoisotopic (exact) mass is 298 g/mol. The molecule has 114 valence electrons. The lowest BCUT2D eigenvalue weighted by Crippen LogP contribution is -2.32. The van der Waals surface area contributed by atoms with Crippen molar-refractivity contribution in [3.63, 3.8) is 0 Å². The highest BCUT2D eigenvalue weighted by Gasteiger charge is 2.10. The second-order valence-corrected chi connectivity index (χ2v) is 4.90. The number of carbonyl (C=O) groups excluding carboxylic acids is 1. The quantitative estimate of drug-likeness (QED) is 0.725. The lowest BCUT2D eigenvalue weighted by Gasteiger charge is -2.12. The van der Waals surface area contributed by atoms with E-state index in [9.17, 15) is 4.79 Å². The fourth-order valence-electron chi connectivity index (χ4n) is 2.02. The molecule has 0 radical (unpaired) electrons. The van der Waals surface area contributed by atoms with Gasteiger partial charge in [-0.1, -0.05) is 45.0 Å². The minimum absolute atomic E-state index is 0. The summed E-state index contributed by atoms with van der Waals surface area (Å²) in [5.74, 6) is 0.398. The van der Waals surface area contributed by atoms with Crippen molar-refractivity contribution in [3.05, 3.63) is 35.4 Å². The number of hydrogen-bond donors (Lipinski definition) is 2. The average Bonchev–Trinajstić information content (AvgIpc) is 2.43. The highest BCUT2D eigenvalue weighted by molar-refractivity contribution is 5.85. The fourth-order valence-corrected chi connectivity index (χ4v) is 2.02. The standard InChI is InChI=1S/C16H26N2O.ClH/c1-4-14-6-8-15(9-7-14)13(3)12-16(19)18-11-10-17-5-2;/h6-9,13,17H,4-5,10-12H2,1-3H3,(H,18,19);1H. The van der Waals surface area contributed by atoms with E-state index in [0.717, 1.165) is 19.5 Å². The molecule has 0 aliphatic heterocycles. The number of likely N-dealkylation sites (N-methyl/N-ethyl adjacent to an activating group) is 1. The molecule has 0 spiro atoms. The molecule has 0 saturated carbocycles. The summed E-state index contributed by atoms with van der Waals surface area (Å²) in [5.41, 5.74) is 2.57. The number of nitrogens with one attached hydrogen (secondary N) is 2. The summed E-state index contributed by atoms with van der Waals surface area (Å²) < 4.78 is 0. The Balaban J connectivity index is 0.00000361. The van der Waals surface area contributed by atoms with E-state index in [1.165, 1.54) is 11.1 Å². The maximum atomic E-state index is 11.8. The minimum atomic E-state index is 0. The zero-order chi connectivity index (χ0) is 14.1. The van der Waals surface area contributed by atoms with E-state index in [1.807, 2.05) is 0 Å². The third kappa shape index (κ3) is 6.92. The highest BCUT2D eigenvalue weighted by Crippen LogP contribution is 2.19. The highest BCUT2D eigenvalue weighted by atomic mass is 35.5. The van der Waals surface area contributed by atoms with Crippen LogP contribution in [-0.2, 0) is 11.2 Å². The molecule has 0 saturated heterocycles. The maximum Gasteiger partial charge on any atom is 0.220 e. The molecule has 20 heavy (non-hydrogen) atoms. The van der Waals surface area contributed by atoms with E-state index in [0.29, 0.717) is 13.0 Å². The molecule has 0 fully saturated rings. The van der Waals surface area contributed by atoms with Crippen molar-refractivity contribution in [2.45, 2.75) is 39.5 Å². The van der Waals surface area contributed by atoms with Crippen LogP contribution in [0.15, 0.2) is 24.3 Å². The third-order valence-corrected chi connectivity index (χ3v) is 3.32. The third-order valence-electron chi connectivity index (χ3n) is 3.32. The van der Waals surface area contributed by atoms with E-state index in [2.05, 4.69) is 55.7 Å². The maximum absolute atomic E-state index is 11.8. The van der Waals surface area contributed by atoms with Gasteiger partial charge in [0.25, 0.3) is 0 Å². The number of rotatable bonds is 8. The van der Waals surface area contributed by atoms with Gasteiger partial charge in [0.15, 0.2) is 0 Å². The SMILES string of the molecule is CCNCCNC(=O)CC(C)c1ccc(CC)cc1.Cl. The summed E-state index contributed by atoms with van der Waals surface area (Å²) in [6, 6.07) is 8.56. The van der Waals surface area contributed by atoms with Crippen LogP contribution >= 0.6 is 12.4 Å². The van der Waals surface area contributed by atoms with Gasteiger partial charge >= 0.3 is 0 Å². The Kier molecular flexibility index (Phi) is 10.1. The Labute approximate surface area is 128 Å². The Hall–Kier alpha value is -1.06. The van der Waals surface area contributed by atoms with Gasteiger partial charge < -0.3 is 10.6 Å². The van der Waals surface area contributed by atoms with Crippen LogP contribution in [0.4, 0.5) is 0 Å². The molecule has 0 aliphatic carbocycles. The van der Waals surface area contributed by atoms with Crippen LogP contribution in [0.25, 0.3) is 0 Å². The van der Waals surface area contributed by atoms with Gasteiger partial charge in [-0.05, 0) is 30.0 Å². The van der Waals surface area contributed by atoms with Crippen LogP contribution in [0.2, 0.25) is 0 Å². The average molecular weight is 299 g/mol. The van der Waals surface area contributed by atoms with Crippen molar-refractivity contribution in [1.82, 2.24) is 10.6 Å². The number of amides is 1. The molecular weight excluding hydrogens is 272 g/mol. The Morgan fingerprint density at radius 3 is 2.35 bits per heavy atom. The lowest BCUT2D eigenvalue weighted by molar-refractivity contribution is -0.121. The molecule has 3 nitrogen and oxygen atoms in total.